The van der Waals surface area contributed by atoms with Crippen LogP contribution in [0.1, 0.15) is 148 Å². The minimum atomic E-state index is -1.78. The van der Waals surface area contributed by atoms with Gasteiger partial charge in [0.1, 0.15) is 0 Å². The smallest absolute Gasteiger partial charge is 0.350 e. The second-order valence-corrected chi connectivity index (χ2v) is 10.6. The van der Waals surface area contributed by atoms with E-state index in [9.17, 15) is 29.1 Å². The fourth-order valence-corrected chi connectivity index (χ4v) is 4.96. The van der Waals surface area contributed by atoms with Gasteiger partial charge in [-0.05, 0) is 19.3 Å². The van der Waals surface area contributed by atoms with Crippen LogP contribution in [0.5, 0.6) is 0 Å². The molecule has 1 atom stereocenters. The van der Waals surface area contributed by atoms with Crippen LogP contribution in [-0.2, 0) is 28.8 Å². The van der Waals surface area contributed by atoms with Crippen molar-refractivity contribution in [2.45, 2.75) is 148 Å². The average molecular weight is 540 g/mol. The van der Waals surface area contributed by atoms with E-state index in [-0.39, 0.29) is 32.1 Å². The largest absolute Gasteiger partial charge is 0.481 e. The molecule has 1 unspecified atom stereocenters. The molecule has 1 fully saturated rings. The number of carboxylic acid groups (broad SMARTS) is 2. The van der Waals surface area contributed by atoms with E-state index >= 15 is 0 Å². The Hall–Kier alpha value is -2.45. The molecule has 0 aromatic heterocycles. The van der Waals surface area contributed by atoms with Crippen molar-refractivity contribution in [3.05, 3.63) is 0 Å². The summed E-state index contributed by atoms with van der Waals surface area (Å²) in [5.74, 6) is -4.29. The second-order valence-electron chi connectivity index (χ2n) is 10.6. The van der Waals surface area contributed by atoms with Gasteiger partial charge in [-0.3, -0.25) is 19.2 Å². The highest BCUT2D eigenvalue weighted by atomic mass is 16.7. The Morgan fingerprint density at radius 2 is 1.08 bits per heavy atom. The minimum absolute atomic E-state index is 0.0409. The third-order valence-corrected chi connectivity index (χ3v) is 7.43. The summed E-state index contributed by atoms with van der Waals surface area (Å²) in [7, 11) is 0. The maximum absolute atomic E-state index is 13.1. The number of carbonyl (C=O) groups excluding carboxylic acids is 3. The van der Waals surface area contributed by atoms with Crippen molar-refractivity contribution in [2.75, 3.05) is 0 Å². The molecular formula is C29H49NO8. The van der Waals surface area contributed by atoms with Crippen LogP contribution in [-0.4, -0.2) is 45.0 Å². The molecule has 1 aliphatic heterocycles. The molecule has 1 rings (SSSR count). The molecule has 1 heterocycles. The van der Waals surface area contributed by atoms with Gasteiger partial charge < -0.3 is 15.1 Å². The molecule has 218 valence electrons. The van der Waals surface area contributed by atoms with Crippen LogP contribution in [0.15, 0.2) is 0 Å². The Bertz CT molecular complexity index is 737. The number of nitrogens with zero attached hydrogens (tertiary/aromatic N) is 1. The number of amides is 2. The van der Waals surface area contributed by atoms with Gasteiger partial charge in [0.2, 0.25) is 0 Å². The van der Waals surface area contributed by atoms with Gasteiger partial charge in [-0.2, -0.15) is 0 Å². The summed E-state index contributed by atoms with van der Waals surface area (Å²) in [6.07, 6.45) is 16.5. The highest BCUT2D eigenvalue weighted by Crippen LogP contribution is 2.35. The van der Waals surface area contributed by atoms with Crippen molar-refractivity contribution in [3.8, 4) is 0 Å². The fraction of sp³-hybridized carbons (Fsp3) is 0.828. The maximum atomic E-state index is 13.1. The summed E-state index contributed by atoms with van der Waals surface area (Å²) in [6.45, 7) is 2.18. The van der Waals surface area contributed by atoms with Gasteiger partial charge >= 0.3 is 17.9 Å². The topological polar surface area (TPSA) is 138 Å². The highest BCUT2D eigenvalue weighted by Gasteiger charge is 2.49. The van der Waals surface area contributed by atoms with E-state index in [1.165, 1.54) is 25.7 Å². The second kappa shape index (κ2) is 19.6. The molecule has 38 heavy (non-hydrogen) atoms. The standard InChI is InChI=1S/C29H49NO8/c1-2-3-4-5-6-8-11-14-17-22-29(27(35)36,28(37)38-30-24(31)20-21-25(30)32)23-18-15-12-9-7-10-13-16-19-26(33)34/h2-23H2,1H3,(H,33,34)(H,35,36). The Morgan fingerprint density at radius 3 is 1.47 bits per heavy atom. The van der Waals surface area contributed by atoms with Gasteiger partial charge in [-0.1, -0.05) is 110 Å². The van der Waals surface area contributed by atoms with Crippen molar-refractivity contribution in [3.63, 3.8) is 0 Å². The van der Waals surface area contributed by atoms with Crippen molar-refractivity contribution >= 4 is 29.7 Å². The molecule has 0 radical (unpaired) electrons. The van der Waals surface area contributed by atoms with Crippen LogP contribution in [0.25, 0.3) is 0 Å². The molecule has 9 heteroatoms. The highest BCUT2D eigenvalue weighted by molar-refractivity contribution is 6.04. The lowest BCUT2D eigenvalue weighted by Crippen LogP contribution is -2.45. The van der Waals surface area contributed by atoms with E-state index < -0.39 is 35.1 Å². The van der Waals surface area contributed by atoms with Crippen LogP contribution >= 0.6 is 0 Å². The molecule has 0 bridgehead atoms. The van der Waals surface area contributed by atoms with E-state index in [0.717, 1.165) is 64.2 Å². The number of aliphatic carboxylic acids is 2. The molecule has 0 spiro atoms. The van der Waals surface area contributed by atoms with E-state index in [4.69, 9.17) is 9.94 Å². The summed E-state index contributed by atoms with van der Waals surface area (Å²) in [6, 6.07) is 0. The molecule has 0 saturated carbocycles. The lowest BCUT2D eigenvalue weighted by molar-refractivity contribution is -0.208. The molecule has 0 aliphatic carbocycles. The summed E-state index contributed by atoms with van der Waals surface area (Å²) >= 11 is 0. The predicted octanol–water partition coefficient (Wildman–Crippen LogP) is 6.57. The molecule has 0 aromatic rings. The molecular weight excluding hydrogens is 490 g/mol. The molecule has 9 nitrogen and oxygen atoms in total. The minimum Gasteiger partial charge on any atom is -0.481 e. The van der Waals surface area contributed by atoms with Gasteiger partial charge in [0.05, 0.1) is 0 Å². The van der Waals surface area contributed by atoms with Crippen molar-refractivity contribution < 1.29 is 39.0 Å². The van der Waals surface area contributed by atoms with Gasteiger partial charge in [0, 0.05) is 19.3 Å². The predicted molar refractivity (Wildman–Crippen MR) is 143 cm³/mol. The quantitative estimate of drug-likeness (QED) is 0.0797. The van der Waals surface area contributed by atoms with E-state index in [1.54, 1.807) is 0 Å². The Kier molecular flexibility index (Phi) is 17.3. The number of imide groups is 1. The Labute approximate surface area is 227 Å². The molecule has 2 N–H and O–H groups in total. The number of hydroxylamine groups is 2. The SMILES string of the molecule is CCCCCCCCCCCC(CCCCCCCCCCC(=O)O)(C(=O)O)C(=O)ON1C(=O)CCC1=O. The van der Waals surface area contributed by atoms with Crippen molar-refractivity contribution in [1.29, 1.82) is 0 Å². The Balaban J connectivity index is 2.58. The number of unbranched alkanes of at least 4 members (excludes halogenated alkanes) is 15. The lowest BCUT2D eigenvalue weighted by Gasteiger charge is -2.28. The number of carboxylic acids is 2. The summed E-state index contributed by atoms with van der Waals surface area (Å²) in [5.41, 5.74) is -1.78. The summed E-state index contributed by atoms with van der Waals surface area (Å²) in [5, 5.41) is 19.3. The van der Waals surface area contributed by atoms with E-state index in [2.05, 4.69) is 6.92 Å². The first kappa shape index (κ1) is 33.6. The number of carbonyl (C=O) groups is 5. The zero-order valence-corrected chi connectivity index (χ0v) is 23.3. The van der Waals surface area contributed by atoms with Crippen LogP contribution < -0.4 is 0 Å². The molecule has 1 saturated heterocycles. The summed E-state index contributed by atoms with van der Waals surface area (Å²) < 4.78 is 0. The van der Waals surface area contributed by atoms with Crippen LogP contribution in [0.3, 0.4) is 0 Å². The number of hydrogen-bond donors (Lipinski definition) is 2. The Morgan fingerprint density at radius 1 is 0.684 bits per heavy atom. The monoisotopic (exact) mass is 539 g/mol. The van der Waals surface area contributed by atoms with Gasteiger partial charge in [0.15, 0.2) is 5.41 Å². The molecule has 0 aromatic carbocycles. The third kappa shape index (κ3) is 12.9. The fourth-order valence-electron chi connectivity index (χ4n) is 4.96. The zero-order chi connectivity index (χ0) is 28.2. The molecule has 1 aliphatic rings. The van der Waals surface area contributed by atoms with Gasteiger partial charge in [-0.15, -0.1) is 5.06 Å². The van der Waals surface area contributed by atoms with Crippen LogP contribution in [0.2, 0.25) is 0 Å². The summed E-state index contributed by atoms with van der Waals surface area (Å²) in [4.78, 5) is 65.2. The first-order valence-corrected chi connectivity index (χ1v) is 14.8. The zero-order valence-electron chi connectivity index (χ0n) is 23.3. The van der Waals surface area contributed by atoms with Crippen LogP contribution in [0.4, 0.5) is 0 Å². The first-order valence-electron chi connectivity index (χ1n) is 14.8. The first-order chi connectivity index (χ1) is 18.2. The number of rotatable bonds is 24. The van der Waals surface area contributed by atoms with E-state index in [0.29, 0.717) is 24.3 Å². The molecule has 2 amide bonds. The van der Waals surface area contributed by atoms with Gasteiger partial charge in [-0.25, -0.2) is 4.79 Å². The normalized spacial score (nSPS) is 15.0. The third-order valence-electron chi connectivity index (χ3n) is 7.43. The maximum Gasteiger partial charge on any atom is 0.350 e. The van der Waals surface area contributed by atoms with Crippen LogP contribution in [0, 0.1) is 5.41 Å². The van der Waals surface area contributed by atoms with Gasteiger partial charge in [0.25, 0.3) is 11.8 Å². The van der Waals surface area contributed by atoms with Crippen molar-refractivity contribution in [1.82, 2.24) is 5.06 Å². The number of hydrogen-bond acceptors (Lipinski definition) is 6. The van der Waals surface area contributed by atoms with E-state index in [1.807, 2.05) is 0 Å². The van der Waals surface area contributed by atoms with Crippen molar-refractivity contribution in [2.24, 2.45) is 5.41 Å². The average Bonchev–Trinajstić information content (AvgIpc) is 3.19. The lowest BCUT2D eigenvalue weighted by atomic mass is 9.77.